The number of nitrogens with one attached hydrogen (secondary N) is 1. The van der Waals surface area contributed by atoms with E-state index in [4.69, 9.17) is 11.6 Å². The van der Waals surface area contributed by atoms with E-state index in [2.05, 4.69) is 43.8 Å². The Kier molecular flexibility index (Phi) is 6.29. The van der Waals surface area contributed by atoms with E-state index in [0.717, 1.165) is 31.7 Å². The molecule has 1 saturated heterocycles. The van der Waals surface area contributed by atoms with Gasteiger partial charge in [-0.2, -0.15) is 0 Å². The van der Waals surface area contributed by atoms with E-state index in [1.165, 1.54) is 23.0 Å². The van der Waals surface area contributed by atoms with Crippen molar-refractivity contribution >= 4 is 44.5 Å². The maximum absolute atomic E-state index is 12.6. The number of thiazole rings is 1. The zero-order chi connectivity index (χ0) is 21.1. The number of rotatable bonds is 7. The van der Waals surface area contributed by atoms with Gasteiger partial charge in [0.15, 0.2) is 5.82 Å². The van der Waals surface area contributed by atoms with Crippen LogP contribution in [-0.2, 0) is 16.6 Å². The lowest BCUT2D eigenvalue weighted by atomic mass is 10.2. The fourth-order valence-electron chi connectivity index (χ4n) is 3.71. The summed E-state index contributed by atoms with van der Waals surface area (Å²) in [5, 5.41) is 2.06. The average molecular weight is 463 g/mol. The highest BCUT2D eigenvalue weighted by atomic mass is 35.5. The van der Waals surface area contributed by atoms with Gasteiger partial charge in [-0.25, -0.2) is 13.4 Å². The van der Waals surface area contributed by atoms with E-state index in [1.807, 2.05) is 13.1 Å². The number of sulfonamides is 1. The predicted octanol–water partition coefficient (Wildman–Crippen LogP) is 4.31. The van der Waals surface area contributed by atoms with Gasteiger partial charge in [-0.05, 0) is 30.2 Å². The van der Waals surface area contributed by atoms with Crippen LogP contribution in [-0.4, -0.2) is 44.5 Å². The second-order valence-corrected chi connectivity index (χ2v) is 10.2. The SMILES string of the molecule is CN(c1ccc(S(=O)(=O)Nc2cscn2)cc1Cl)C1CCN(Cc2ccccc2)C1. The lowest BCUT2D eigenvalue weighted by Gasteiger charge is -2.28. The Bertz CT molecular complexity index is 1090. The fourth-order valence-corrected chi connectivity index (χ4v) is 5.67. The van der Waals surface area contributed by atoms with Crippen molar-refractivity contribution in [1.29, 1.82) is 0 Å². The number of nitrogens with zero attached hydrogens (tertiary/aromatic N) is 3. The standard InChI is InChI=1S/C21H23ClN4O2S2/c1-25(17-9-10-26(13-17)12-16-5-3-2-4-6-16)20-8-7-18(11-19(20)22)30(27,28)24-21-14-29-15-23-21/h2-8,11,14-15,17,24H,9-10,12-13H2,1H3. The highest BCUT2D eigenvalue weighted by molar-refractivity contribution is 7.92. The Balaban J connectivity index is 1.44. The fraction of sp³-hybridized carbons (Fsp3) is 0.286. The largest absolute Gasteiger partial charge is 0.369 e. The van der Waals surface area contributed by atoms with Gasteiger partial charge < -0.3 is 4.90 Å². The first-order valence-corrected chi connectivity index (χ1v) is 12.4. The van der Waals surface area contributed by atoms with Gasteiger partial charge in [-0.3, -0.25) is 9.62 Å². The predicted molar refractivity (Wildman–Crippen MR) is 123 cm³/mol. The van der Waals surface area contributed by atoms with Gasteiger partial charge in [-0.1, -0.05) is 41.9 Å². The number of aromatic nitrogens is 1. The molecule has 1 unspecified atom stereocenters. The molecule has 3 aromatic rings. The summed E-state index contributed by atoms with van der Waals surface area (Å²) in [6, 6.07) is 15.6. The third-order valence-electron chi connectivity index (χ3n) is 5.32. The van der Waals surface area contributed by atoms with Crippen molar-refractivity contribution in [3.8, 4) is 0 Å². The maximum atomic E-state index is 12.6. The molecule has 2 heterocycles. The smallest absolute Gasteiger partial charge is 0.263 e. The van der Waals surface area contributed by atoms with Gasteiger partial charge in [-0.15, -0.1) is 11.3 Å². The Morgan fingerprint density at radius 1 is 1.27 bits per heavy atom. The average Bonchev–Trinajstić information content (AvgIpc) is 3.40. The lowest BCUT2D eigenvalue weighted by Crippen LogP contribution is -2.34. The van der Waals surface area contributed by atoms with Gasteiger partial charge in [0.05, 0.1) is 21.1 Å². The van der Waals surface area contributed by atoms with Gasteiger partial charge in [0.2, 0.25) is 0 Å². The van der Waals surface area contributed by atoms with E-state index >= 15 is 0 Å². The first kappa shape index (κ1) is 21.1. The molecule has 4 rings (SSSR count). The van der Waals surface area contributed by atoms with Crippen molar-refractivity contribution in [2.75, 3.05) is 29.8 Å². The number of anilines is 2. The second-order valence-electron chi connectivity index (χ2n) is 7.37. The number of halogens is 1. The molecule has 6 nitrogen and oxygen atoms in total. The monoisotopic (exact) mass is 462 g/mol. The lowest BCUT2D eigenvalue weighted by molar-refractivity contribution is 0.326. The van der Waals surface area contributed by atoms with Crippen molar-refractivity contribution in [3.05, 3.63) is 70.0 Å². The van der Waals surface area contributed by atoms with Crippen LogP contribution >= 0.6 is 22.9 Å². The molecule has 0 saturated carbocycles. The number of hydrogen-bond donors (Lipinski definition) is 1. The highest BCUT2D eigenvalue weighted by Gasteiger charge is 2.27. The van der Waals surface area contributed by atoms with Gasteiger partial charge in [0.25, 0.3) is 10.0 Å². The summed E-state index contributed by atoms with van der Waals surface area (Å²) in [5.41, 5.74) is 3.71. The van der Waals surface area contributed by atoms with Crippen LogP contribution in [0.2, 0.25) is 5.02 Å². The summed E-state index contributed by atoms with van der Waals surface area (Å²) in [6.07, 6.45) is 1.03. The summed E-state index contributed by atoms with van der Waals surface area (Å²) in [4.78, 5) is 8.67. The van der Waals surface area contributed by atoms with Gasteiger partial charge >= 0.3 is 0 Å². The van der Waals surface area contributed by atoms with Crippen molar-refractivity contribution in [2.24, 2.45) is 0 Å². The topological polar surface area (TPSA) is 65.5 Å². The number of hydrogen-bond acceptors (Lipinski definition) is 6. The molecule has 2 aromatic carbocycles. The molecule has 1 aliphatic heterocycles. The van der Waals surface area contributed by atoms with Crippen LogP contribution in [0.4, 0.5) is 11.5 Å². The molecule has 0 spiro atoms. The van der Waals surface area contributed by atoms with Crippen LogP contribution in [0.5, 0.6) is 0 Å². The molecule has 1 aromatic heterocycles. The van der Waals surface area contributed by atoms with Crippen LogP contribution in [0.1, 0.15) is 12.0 Å². The van der Waals surface area contributed by atoms with Crippen LogP contribution < -0.4 is 9.62 Å². The molecule has 1 aliphatic rings. The Labute approximate surface area is 186 Å². The molecule has 0 amide bonds. The Morgan fingerprint density at radius 3 is 2.77 bits per heavy atom. The molecule has 158 valence electrons. The van der Waals surface area contributed by atoms with Crippen LogP contribution in [0.15, 0.2) is 64.3 Å². The van der Waals surface area contributed by atoms with E-state index in [-0.39, 0.29) is 4.90 Å². The summed E-state index contributed by atoms with van der Waals surface area (Å²) in [5.74, 6) is 0.307. The summed E-state index contributed by atoms with van der Waals surface area (Å²) >= 11 is 7.82. The molecule has 0 bridgehead atoms. The first-order valence-electron chi connectivity index (χ1n) is 9.62. The van der Waals surface area contributed by atoms with E-state index in [9.17, 15) is 8.42 Å². The minimum Gasteiger partial charge on any atom is -0.369 e. The molecule has 1 fully saturated rings. The van der Waals surface area contributed by atoms with Gasteiger partial charge in [0.1, 0.15) is 0 Å². The van der Waals surface area contributed by atoms with E-state index in [0.29, 0.717) is 16.9 Å². The zero-order valence-electron chi connectivity index (χ0n) is 16.5. The second kappa shape index (κ2) is 8.93. The van der Waals surface area contributed by atoms with Crippen molar-refractivity contribution in [3.63, 3.8) is 0 Å². The number of likely N-dealkylation sites (N-methyl/N-ethyl adjacent to an activating group) is 1. The first-order chi connectivity index (χ1) is 14.4. The van der Waals surface area contributed by atoms with Crippen molar-refractivity contribution in [1.82, 2.24) is 9.88 Å². The molecular formula is C21H23ClN4O2S2. The molecule has 1 atom stereocenters. The Hall–Kier alpha value is -2.13. The van der Waals surface area contributed by atoms with Crippen LogP contribution in [0.25, 0.3) is 0 Å². The molecule has 0 aliphatic carbocycles. The molecule has 0 radical (unpaired) electrons. The summed E-state index contributed by atoms with van der Waals surface area (Å²) < 4.78 is 27.6. The highest BCUT2D eigenvalue weighted by Crippen LogP contribution is 2.31. The molecule has 9 heteroatoms. The molecular weight excluding hydrogens is 440 g/mol. The third kappa shape index (κ3) is 4.78. The van der Waals surface area contributed by atoms with Crippen molar-refractivity contribution < 1.29 is 8.42 Å². The van der Waals surface area contributed by atoms with Gasteiger partial charge in [0, 0.05) is 38.1 Å². The summed E-state index contributed by atoms with van der Waals surface area (Å²) in [7, 11) is -1.71. The minimum atomic E-state index is -3.73. The minimum absolute atomic E-state index is 0.120. The van der Waals surface area contributed by atoms with E-state index in [1.54, 1.807) is 23.0 Å². The van der Waals surface area contributed by atoms with E-state index < -0.39 is 10.0 Å². The molecule has 1 N–H and O–H groups in total. The number of likely N-dealkylation sites (tertiary alicyclic amines) is 1. The third-order valence-corrected chi connectivity index (χ3v) is 7.57. The van der Waals surface area contributed by atoms with Crippen molar-refractivity contribution in [2.45, 2.75) is 23.9 Å². The van der Waals surface area contributed by atoms with Crippen LogP contribution in [0, 0.1) is 0 Å². The zero-order valence-corrected chi connectivity index (χ0v) is 18.9. The van der Waals surface area contributed by atoms with Crippen LogP contribution in [0.3, 0.4) is 0 Å². The quantitative estimate of drug-likeness (QED) is 0.566. The summed E-state index contributed by atoms with van der Waals surface area (Å²) in [6.45, 7) is 2.89. The normalized spacial score (nSPS) is 17.2. The molecule has 30 heavy (non-hydrogen) atoms. The number of benzene rings is 2. The Morgan fingerprint density at radius 2 is 2.07 bits per heavy atom. The maximum Gasteiger partial charge on any atom is 0.263 e.